The van der Waals surface area contributed by atoms with E-state index in [0.717, 1.165) is 16.7 Å². The molecule has 0 spiro atoms. The molecule has 4 nitrogen and oxygen atoms in total. The van der Waals surface area contributed by atoms with E-state index in [4.69, 9.17) is 0 Å². The van der Waals surface area contributed by atoms with E-state index >= 15 is 0 Å². The first-order valence-corrected chi connectivity index (χ1v) is 9.72. The van der Waals surface area contributed by atoms with Crippen molar-refractivity contribution in [2.24, 2.45) is 0 Å². The number of amides is 1. The molecule has 148 valence electrons. The first-order chi connectivity index (χ1) is 14.6. The van der Waals surface area contributed by atoms with E-state index in [1.165, 1.54) is 11.0 Å². The van der Waals surface area contributed by atoms with Crippen molar-refractivity contribution >= 4 is 23.5 Å². The highest BCUT2D eigenvalue weighted by molar-refractivity contribution is 6.19. The van der Waals surface area contributed by atoms with Crippen LogP contribution in [0.4, 0.5) is 5.69 Å². The number of aryl methyl sites for hydroxylation is 1. The van der Waals surface area contributed by atoms with Crippen LogP contribution >= 0.6 is 0 Å². The standard InChI is InChI=1S/C26H21NO3/c1-18-9-8-14-21(17-18)27-24(20-12-6-3-7-13-20)23(25(29)26(27)30)22(28)16-15-19-10-4-2-5-11-19/h2-17,24,29H,1H3/b16-15+/t24-/m1/s1. The van der Waals surface area contributed by atoms with Crippen molar-refractivity contribution in [3.8, 4) is 0 Å². The van der Waals surface area contributed by atoms with Gasteiger partial charge in [-0.05, 0) is 41.8 Å². The predicted octanol–water partition coefficient (Wildman–Crippen LogP) is 5.18. The molecule has 0 aliphatic carbocycles. The minimum atomic E-state index is -0.701. The zero-order chi connectivity index (χ0) is 21.1. The quantitative estimate of drug-likeness (QED) is 0.606. The van der Waals surface area contributed by atoms with Gasteiger partial charge in [-0.3, -0.25) is 14.5 Å². The summed E-state index contributed by atoms with van der Waals surface area (Å²) in [7, 11) is 0. The molecule has 0 fully saturated rings. The van der Waals surface area contributed by atoms with Crippen molar-refractivity contribution in [2.45, 2.75) is 13.0 Å². The molecule has 1 heterocycles. The predicted molar refractivity (Wildman–Crippen MR) is 118 cm³/mol. The smallest absolute Gasteiger partial charge is 0.294 e. The number of aliphatic hydroxyl groups excluding tert-OH is 1. The molecule has 1 atom stereocenters. The largest absolute Gasteiger partial charge is 0.503 e. The van der Waals surface area contributed by atoms with Crippen molar-refractivity contribution in [3.05, 3.63) is 119 Å². The molecule has 1 aliphatic rings. The summed E-state index contributed by atoms with van der Waals surface area (Å²) in [6, 6.07) is 25.5. The van der Waals surface area contributed by atoms with Crippen LogP contribution in [0.2, 0.25) is 0 Å². The van der Waals surface area contributed by atoms with E-state index in [1.807, 2.05) is 85.8 Å². The Labute approximate surface area is 175 Å². The number of ketones is 1. The fraction of sp³-hybridized carbons (Fsp3) is 0.0769. The molecule has 1 amide bonds. The number of anilines is 1. The second kappa shape index (κ2) is 8.21. The minimum Gasteiger partial charge on any atom is -0.503 e. The number of nitrogens with zero attached hydrogens (tertiary/aromatic N) is 1. The Bertz CT molecular complexity index is 1150. The van der Waals surface area contributed by atoms with Gasteiger partial charge in [-0.25, -0.2) is 0 Å². The maximum absolute atomic E-state index is 13.1. The monoisotopic (exact) mass is 395 g/mol. The van der Waals surface area contributed by atoms with Gasteiger partial charge in [0.1, 0.15) is 0 Å². The third-order valence-electron chi connectivity index (χ3n) is 5.10. The Morgan fingerprint density at radius 2 is 1.60 bits per heavy atom. The second-order valence-corrected chi connectivity index (χ2v) is 7.20. The SMILES string of the molecule is Cc1cccc(N2C(=O)C(O)=C(C(=O)/C=C/c3ccccc3)[C@H]2c2ccccc2)c1. The Morgan fingerprint density at radius 3 is 2.27 bits per heavy atom. The van der Waals surface area contributed by atoms with E-state index < -0.39 is 23.5 Å². The van der Waals surface area contributed by atoms with Gasteiger partial charge in [0.2, 0.25) is 0 Å². The lowest BCUT2D eigenvalue weighted by Crippen LogP contribution is -2.30. The van der Waals surface area contributed by atoms with Gasteiger partial charge in [0, 0.05) is 5.69 Å². The molecular formula is C26H21NO3. The Hall–Kier alpha value is -3.92. The van der Waals surface area contributed by atoms with Gasteiger partial charge in [-0.1, -0.05) is 78.9 Å². The molecule has 30 heavy (non-hydrogen) atoms. The van der Waals surface area contributed by atoms with Crippen LogP contribution in [-0.4, -0.2) is 16.8 Å². The zero-order valence-electron chi connectivity index (χ0n) is 16.5. The molecule has 0 radical (unpaired) electrons. The summed E-state index contributed by atoms with van der Waals surface area (Å²) in [6.07, 6.45) is 3.09. The Balaban J connectivity index is 1.78. The maximum atomic E-state index is 13.1. The minimum absolute atomic E-state index is 0.0832. The number of hydrogen-bond donors (Lipinski definition) is 1. The first kappa shape index (κ1) is 19.4. The van der Waals surface area contributed by atoms with Gasteiger partial charge in [-0.2, -0.15) is 0 Å². The summed E-state index contributed by atoms with van der Waals surface area (Å²) in [6.45, 7) is 1.93. The lowest BCUT2D eigenvalue weighted by molar-refractivity contribution is -0.117. The highest BCUT2D eigenvalue weighted by Gasteiger charge is 2.43. The van der Waals surface area contributed by atoms with Crippen molar-refractivity contribution in [3.63, 3.8) is 0 Å². The summed E-state index contributed by atoms with van der Waals surface area (Å²) in [4.78, 5) is 27.6. The van der Waals surface area contributed by atoms with Crippen LogP contribution in [0, 0.1) is 6.92 Å². The number of carbonyl (C=O) groups is 2. The third kappa shape index (κ3) is 3.67. The zero-order valence-corrected chi connectivity index (χ0v) is 16.5. The average Bonchev–Trinajstić information content (AvgIpc) is 3.04. The first-order valence-electron chi connectivity index (χ1n) is 9.72. The molecule has 1 aliphatic heterocycles. The molecule has 0 bridgehead atoms. The lowest BCUT2D eigenvalue weighted by Gasteiger charge is -2.27. The van der Waals surface area contributed by atoms with Gasteiger partial charge < -0.3 is 5.11 Å². The average molecular weight is 395 g/mol. The summed E-state index contributed by atoms with van der Waals surface area (Å²) < 4.78 is 0. The normalized spacial score (nSPS) is 16.5. The van der Waals surface area contributed by atoms with Gasteiger partial charge in [0.05, 0.1) is 11.6 Å². The second-order valence-electron chi connectivity index (χ2n) is 7.20. The number of allylic oxidation sites excluding steroid dienone is 1. The van der Waals surface area contributed by atoms with Crippen LogP contribution in [0.5, 0.6) is 0 Å². The molecule has 0 unspecified atom stereocenters. The summed E-state index contributed by atoms with van der Waals surface area (Å²) in [5, 5.41) is 10.7. The van der Waals surface area contributed by atoms with Crippen LogP contribution in [-0.2, 0) is 9.59 Å². The van der Waals surface area contributed by atoms with Crippen molar-refractivity contribution < 1.29 is 14.7 Å². The highest BCUT2D eigenvalue weighted by Crippen LogP contribution is 2.41. The number of carbonyl (C=O) groups excluding carboxylic acids is 2. The fourth-order valence-corrected chi connectivity index (χ4v) is 3.68. The Kier molecular flexibility index (Phi) is 5.31. The molecular weight excluding hydrogens is 374 g/mol. The molecule has 3 aromatic carbocycles. The maximum Gasteiger partial charge on any atom is 0.294 e. The fourth-order valence-electron chi connectivity index (χ4n) is 3.68. The van der Waals surface area contributed by atoms with E-state index in [1.54, 1.807) is 12.1 Å². The van der Waals surface area contributed by atoms with Crippen LogP contribution in [0.25, 0.3) is 6.08 Å². The number of hydrogen-bond acceptors (Lipinski definition) is 3. The summed E-state index contributed by atoms with van der Waals surface area (Å²) in [5.41, 5.74) is 3.32. The van der Waals surface area contributed by atoms with Crippen molar-refractivity contribution in [1.29, 1.82) is 0 Å². The van der Waals surface area contributed by atoms with E-state index in [-0.39, 0.29) is 5.57 Å². The summed E-state index contributed by atoms with van der Waals surface area (Å²) >= 11 is 0. The van der Waals surface area contributed by atoms with Gasteiger partial charge in [0.25, 0.3) is 5.91 Å². The van der Waals surface area contributed by atoms with Crippen LogP contribution < -0.4 is 4.90 Å². The molecule has 4 rings (SSSR count). The van der Waals surface area contributed by atoms with Crippen molar-refractivity contribution in [1.82, 2.24) is 0 Å². The van der Waals surface area contributed by atoms with Gasteiger partial charge in [0.15, 0.2) is 11.5 Å². The molecule has 3 aromatic rings. The van der Waals surface area contributed by atoms with Crippen molar-refractivity contribution in [2.75, 3.05) is 4.90 Å². The van der Waals surface area contributed by atoms with Crippen LogP contribution in [0.1, 0.15) is 22.7 Å². The molecule has 4 heteroatoms. The molecule has 0 saturated heterocycles. The Morgan fingerprint density at radius 1 is 0.933 bits per heavy atom. The van der Waals surface area contributed by atoms with Gasteiger partial charge >= 0.3 is 0 Å². The van der Waals surface area contributed by atoms with E-state index in [2.05, 4.69) is 0 Å². The summed E-state index contributed by atoms with van der Waals surface area (Å²) in [5.74, 6) is -1.48. The van der Waals surface area contributed by atoms with E-state index in [9.17, 15) is 14.7 Å². The number of benzene rings is 3. The van der Waals surface area contributed by atoms with E-state index in [0.29, 0.717) is 5.69 Å². The van der Waals surface area contributed by atoms with Crippen LogP contribution in [0.3, 0.4) is 0 Å². The molecule has 1 N–H and O–H groups in total. The third-order valence-corrected chi connectivity index (χ3v) is 5.10. The lowest BCUT2D eigenvalue weighted by atomic mass is 9.95. The topological polar surface area (TPSA) is 57.6 Å². The van der Waals surface area contributed by atoms with Gasteiger partial charge in [-0.15, -0.1) is 0 Å². The number of aliphatic hydroxyl groups is 1. The number of rotatable bonds is 5. The molecule has 0 aromatic heterocycles. The molecule has 0 saturated carbocycles. The van der Waals surface area contributed by atoms with Crippen LogP contribution in [0.15, 0.2) is 102 Å². The highest BCUT2D eigenvalue weighted by atomic mass is 16.3.